The van der Waals surface area contributed by atoms with Crippen molar-refractivity contribution < 1.29 is 14.7 Å². The van der Waals surface area contributed by atoms with Crippen molar-refractivity contribution in [3.05, 3.63) is 34.3 Å². The van der Waals surface area contributed by atoms with Gasteiger partial charge in [-0.15, -0.1) is 0 Å². The Hall–Kier alpha value is -1.56. The Kier molecular flexibility index (Phi) is 5.00. The summed E-state index contributed by atoms with van der Waals surface area (Å²) in [6, 6.07) is 7.41. The third-order valence-electron chi connectivity index (χ3n) is 3.48. The first-order chi connectivity index (χ1) is 9.54. The molecular weight excluding hydrogens is 324 g/mol. The standard InChI is InChI=1S/C14H17BrN2O3/c15-11-4-1-9(2-5-11)8-16-14(20)17-12-6-3-10(7-12)13(18)19/h1-2,4-5,10,12H,3,6-8H2,(H,18,19)(H2,16,17,20). The zero-order chi connectivity index (χ0) is 14.5. The minimum Gasteiger partial charge on any atom is -0.481 e. The van der Waals surface area contributed by atoms with Crippen molar-refractivity contribution in [3.8, 4) is 0 Å². The van der Waals surface area contributed by atoms with Gasteiger partial charge in [0.15, 0.2) is 0 Å². The van der Waals surface area contributed by atoms with E-state index in [1.165, 1.54) is 0 Å². The predicted molar refractivity (Wildman–Crippen MR) is 78.3 cm³/mol. The van der Waals surface area contributed by atoms with Gasteiger partial charge in [-0.05, 0) is 37.0 Å². The number of carboxylic acid groups (broad SMARTS) is 1. The van der Waals surface area contributed by atoms with Gasteiger partial charge in [0.2, 0.25) is 0 Å². The molecule has 1 aromatic rings. The van der Waals surface area contributed by atoms with Crippen LogP contribution in [0, 0.1) is 5.92 Å². The van der Waals surface area contributed by atoms with Gasteiger partial charge in [-0.2, -0.15) is 0 Å². The highest BCUT2D eigenvalue weighted by Crippen LogP contribution is 2.25. The van der Waals surface area contributed by atoms with Crippen LogP contribution in [0.2, 0.25) is 0 Å². The second-order valence-corrected chi connectivity index (χ2v) is 5.91. The van der Waals surface area contributed by atoms with Crippen LogP contribution in [0.5, 0.6) is 0 Å². The Morgan fingerprint density at radius 3 is 2.55 bits per heavy atom. The molecular formula is C14H17BrN2O3. The number of hydrogen-bond acceptors (Lipinski definition) is 2. The van der Waals surface area contributed by atoms with Crippen LogP contribution in [0.15, 0.2) is 28.7 Å². The SMILES string of the molecule is O=C(NCc1ccc(Br)cc1)NC1CCC(C(=O)O)C1. The highest BCUT2D eigenvalue weighted by atomic mass is 79.9. The van der Waals surface area contributed by atoms with E-state index in [1.54, 1.807) is 0 Å². The van der Waals surface area contributed by atoms with Crippen molar-refractivity contribution >= 4 is 27.9 Å². The number of hydrogen-bond donors (Lipinski definition) is 3. The number of carbonyl (C=O) groups is 2. The smallest absolute Gasteiger partial charge is 0.315 e. The number of carbonyl (C=O) groups excluding carboxylic acids is 1. The number of rotatable bonds is 4. The lowest BCUT2D eigenvalue weighted by Crippen LogP contribution is -2.40. The average molecular weight is 341 g/mol. The second kappa shape index (κ2) is 6.74. The first-order valence-electron chi connectivity index (χ1n) is 6.56. The Morgan fingerprint density at radius 1 is 1.25 bits per heavy atom. The molecule has 0 spiro atoms. The van der Waals surface area contributed by atoms with Crippen LogP contribution < -0.4 is 10.6 Å². The first kappa shape index (κ1) is 14.8. The van der Waals surface area contributed by atoms with E-state index in [1.807, 2.05) is 24.3 Å². The molecule has 2 rings (SSSR count). The van der Waals surface area contributed by atoms with Crippen LogP contribution in [0.4, 0.5) is 4.79 Å². The fourth-order valence-electron chi connectivity index (χ4n) is 2.36. The second-order valence-electron chi connectivity index (χ2n) is 5.00. The summed E-state index contributed by atoms with van der Waals surface area (Å²) in [4.78, 5) is 22.6. The summed E-state index contributed by atoms with van der Waals surface area (Å²) >= 11 is 3.35. The van der Waals surface area contributed by atoms with Crippen LogP contribution in [-0.4, -0.2) is 23.1 Å². The highest BCUT2D eigenvalue weighted by Gasteiger charge is 2.30. The molecule has 1 fully saturated rings. The van der Waals surface area contributed by atoms with E-state index in [-0.39, 0.29) is 18.0 Å². The summed E-state index contributed by atoms with van der Waals surface area (Å²) in [5, 5.41) is 14.5. The lowest BCUT2D eigenvalue weighted by atomic mass is 10.1. The van der Waals surface area contributed by atoms with Gasteiger partial charge in [0.05, 0.1) is 5.92 Å². The maximum Gasteiger partial charge on any atom is 0.315 e. The Bertz CT molecular complexity index is 490. The first-order valence-corrected chi connectivity index (χ1v) is 7.35. The van der Waals surface area contributed by atoms with Gasteiger partial charge < -0.3 is 15.7 Å². The summed E-state index contributed by atoms with van der Waals surface area (Å²) < 4.78 is 0.997. The van der Waals surface area contributed by atoms with E-state index >= 15 is 0 Å². The predicted octanol–water partition coefficient (Wildman–Crippen LogP) is 2.50. The fourth-order valence-corrected chi connectivity index (χ4v) is 2.62. The average Bonchev–Trinajstić information content (AvgIpc) is 2.87. The summed E-state index contributed by atoms with van der Waals surface area (Å²) in [5.41, 5.74) is 1.01. The zero-order valence-electron chi connectivity index (χ0n) is 10.9. The van der Waals surface area contributed by atoms with Gasteiger partial charge in [0, 0.05) is 17.1 Å². The number of carboxylic acids is 1. The molecule has 6 heteroatoms. The van der Waals surface area contributed by atoms with Crippen molar-refractivity contribution in [2.75, 3.05) is 0 Å². The van der Waals surface area contributed by atoms with Gasteiger partial charge >= 0.3 is 12.0 Å². The number of halogens is 1. The minimum atomic E-state index is -0.774. The maximum atomic E-state index is 11.7. The molecule has 1 saturated carbocycles. The maximum absolute atomic E-state index is 11.7. The Morgan fingerprint density at radius 2 is 1.95 bits per heavy atom. The van der Waals surface area contributed by atoms with E-state index in [0.29, 0.717) is 19.4 Å². The lowest BCUT2D eigenvalue weighted by Gasteiger charge is -2.13. The number of urea groups is 1. The van der Waals surface area contributed by atoms with E-state index in [2.05, 4.69) is 26.6 Å². The molecule has 0 bridgehead atoms. The number of benzene rings is 1. The molecule has 0 radical (unpaired) electrons. The summed E-state index contributed by atoms with van der Waals surface area (Å²) in [5.74, 6) is -1.10. The largest absolute Gasteiger partial charge is 0.481 e. The molecule has 0 saturated heterocycles. The van der Waals surface area contributed by atoms with Crippen molar-refractivity contribution in [3.63, 3.8) is 0 Å². The van der Waals surface area contributed by atoms with Crippen LogP contribution >= 0.6 is 15.9 Å². The minimum absolute atomic E-state index is 0.0407. The third kappa shape index (κ3) is 4.23. The molecule has 3 N–H and O–H groups in total. The molecule has 108 valence electrons. The number of nitrogens with one attached hydrogen (secondary N) is 2. The molecule has 0 aliphatic heterocycles. The topological polar surface area (TPSA) is 78.4 Å². The van der Waals surface area contributed by atoms with Crippen molar-refractivity contribution in [2.45, 2.75) is 31.8 Å². The molecule has 2 amide bonds. The van der Waals surface area contributed by atoms with Gasteiger partial charge in [-0.25, -0.2) is 4.79 Å². The number of aliphatic carboxylic acids is 1. The van der Waals surface area contributed by atoms with Gasteiger partial charge in [0.25, 0.3) is 0 Å². The molecule has 1 aliphatic rings. The van der Waals surface area contributed by atoms with Crippen molar-refractivity contribution in [1.29, 1.82) is 0 Å². The van der Waals surface area contributed by atoms with Crippen LogP contribution in [0.25, 0.3) is 0 Å². The van der Waals surface area contributed by atoms with E-state index in [0.717, 1.165) is 16.5 Å². The normalized spacial score (nSPS) is 21.4. The lowest BCUT2D eigenvalue weighted by molar-refractivity contribution is -0.141. The quantitative estimate of drug-likeness (QED) is 0.787. The van der Waals surface area contributed by atoms with E-state index in [4.69, 9.17) is 5.11 Å². The van der Waals surface area contributed by atoms with Gasteiger partial charge in [-0.3, -0.25) is 4.79 Å². The van der Waals surface area contributed by atoms with Gasteiger partial charge in [0.1, 0.15) is 0 Å². The summed E-state index contributed by atoms with van der Waals surface area (Å²) in [6.07, 6.45) is 1.87. The van der Waals surface area contributed by atoms with E-state index < -0.39 is 5.97 Å². The molecule has 1 aliphatic carbocycles. The Balaban J connectivity index is 1.73. The van der Waals surface area contributed by atoms with Crippen LogP contribution in [-0.2, 0) is 11.3 Å². The molecule has 0 heterocycles. The molecule has 2 atom stereocenters. The Labute approximate surface area is 125 Å². The summed E-state index contributed by atoms with van der Waals surface area (Å²) in [7, 11) is 0. The van der Waals surface area contributed by atoms with E-state index in [9.17, 15) is 9.59 Å². The number of amides is 2. The monoisotopic (exact) mass is 340 g/mol. The van der Waals surface area contributed by atoms with Crippen molar-refractivity contribution in [2.24, 2.45) is 5.92 Å². The van der Waals surface area contributed by atoms with Crippen LogP contribution in [0.3, 0.4) is 0 Å². The third-order valence-corrected chi connectivity index (χ3v) is 4.01. The molecule has 5 nitrogen and oxygen atoms in total. The van der Waals surface area contributed by atoms with Crippen LogP contribution in [0.1, 0.15) is 24.8 Å². The molecule has 1 aromatic carbocycles. The zero-order valence-corrected chi connectivity index (χ0v) is 12.5. The fraction of sp³-hybridized carbons (Fsp3) is 0.429. The molecule has 20 heavy (non-hydrogen) atoms. The molecule has 0 aromatic heterocycles. The molecule has 2 unspecified atom stereocenters. The van der Waals surface area contributed by atoms with Gasteiger partial charge in [-0.1, -0.05) is 28.1 Å². The van der Waals surface area contributed by atoms with Crippen molar-refractivity contribution in [1.82, 2.24) is 10.6 Å². The highest BCUT2D eigenvalue weighted by molar-refractivity contribution is 9.10. The summed E-state index contributed by atoms with van der Waals surface area (Å²) in [6.45, 7) is 0.453.